The van der Waals surface area contributed by atoms with Crippen LogP contribution in [0.5, 0.6) is 0 Å². The molecule has 1 aliphatic carbocycles. The van der Waals surface area contributed by atoms with Gasteiger partial charge < -0.3 is 10.6 Å². The maximum atomic E-state index is 12.4. The summed E-state index contributed by atoms with van der Waals surface area (Å²) in [6, 6.07) is 8.01. The van der Waals surface area contributed by atoms with Gasteiger partial charge in [0.25, 0.3) is 0 Å². The molecule has 1 aromatic rings. The normalized spacial score (nSPS) is 30.0. The van der Waals surface area contributed by atoms with Gasteiger partial charge in [-0.25, -0.2) is 0 Å². The first-order valence-electron chi connectivity index (χ1n) is 7.41. The number of hydrogen-bond acceptors (Lipinski definition) is 2. The number of halogens is 1. The van der Waals surface area contributed by atoms with Crippen molar-refractivity contribution in [2.45, 2.75) is 25.8 Å². The number of carbonyl (C=O) groups is 1. The highest BCUT2D eigenvalue weighted by atomic mass is 35.5. The first-order chi connectivity index (χ1) is 9.65. The molecule has 0 radical (unpaired) electrons. The molecule has 1 saturated heterocycles. The van der Waals surface area contributed by atoms with Crippen LogP contribution in [0.25, 0.3) is 0 Å². The third kappa shape index (κ3) is 2.99. The summed E-state index contributed by atoms with van der Waals surface area (Å²) in [7, 11) is 0. The molecule has 0 bridgehead atoms. The van der Waals surface area contributed by atoms with Crippen molar-refractivity contribution in [2.24, 2.45) is 17.8 Å². The van der Waals surface area contributed by atoms with Crippen molar-refractivity contribution < 1.29 is 4.79 Å². The lowest BCUT2D eigenvalue weighted by Gasteiger charge is -2.21. The van der Waals surface area contributed by atoms with E-state index in [2.05, 4.69) is 17.6 Å². The van der Waals surface area contributed by atoms with Gasteiger partial charge in [-0.2, -0.15) is 0 Å². The Morgan fingerprint density at radius 2 is 2.10 bits per heavy atom. The lowest BCUT2D eigenvalue weighted by atomic mass is 9.99. The number of benzene rings is 1. The topological polar surface area (TPSA) is 41.1 Å². The minimum Gasteiger partial charge on any atom is -0.349 e. The first kappa shape index (κ1) is 13.9. The average molecular weight is 293 g/mol. The van der Waals surface area contributed by atoms with Crippen LogP contribution in [-0.4, -0.2) is 19.0 Å². The van der Waals surface area contributed by atoms with E-state index in [9.17, 15) is 4.79 Å². The third-order valence-corrected chi connectivity index (χ3v) is 4.81. The van der Waals surface area contributed by atoms with E-state index in [1.165, 1.54) is 12.0 Å². The maximum absolute atomic E-state index is 12.4. The highest BCUT2D eigenvalue weighted by Gasteiger charge is 2.41. The summed E-state index contributed by atoms with van der Waals surface area (Å²) in [5.74, 6) is 1.57. The Morgan fingerprint density at radius 3 is 2.65 bits per heavy atom. The van der Waals surface area contributed by atoms with E-state index >= 15 is 0 Å². The van der Waals surface area contributed by atoms with Crippen LogP contribution in [0.4, 0.5) is 0 Å². The van der Waals surface area contributed by atoms with Gasteiger partial charge >= 0.3 is 0 Å². The van der Waals surface area contributed by atoms with Crippen LogP contribution < -0.4 is 10.6 Å². The molecular weight excluding hydrogens is 272 g/mol. The fourth-order valence-corrected chi connectivity index (χ4v) is 3.20. The maximum Gasteiger partial charge on any atom is 0.224 e. The molecule has 0 aromatic heterocycles. The molecule has 2 aliphatic rings. The van der Waals surface area contributed by atoms with Gasteiger partial charge in [0.15, 0.2) is 0 Å². The number of carbonyl (C=O) groups excluding carboxylic acids is 1. The highest BCUT2D eigenvalue weighted by molar-refractivity contribution is 6.30. The van der Waals surface area contributed by atoms with Gasteiger partial charge in [-0.3, -0.25) is 4.79 Å². The quantitative estimate of drug-likeness (QED) is 0.896. The zero-order valence-electron chi connectivity index (χ0n) is 11.7. The predicted octanol–water partition coefficient (Wildman–Crippen LogP) is 2.76. The Balaban J connectivity index is 1.73. The minimum absolute atomic E-state index is 0.124. The molecule has 0 unspecified atom stereocenters. The van der Waals surface area contributed by atoms with Gasteiger partial charge in [-0.15, -0.1) is 0 Å². The highest BCUT2D eigenvalue weighted by Crippen LogP contribution is 2.47. The summed E-state index contributed by atoms with van der Waals surface area (Å²) in [5, 5.41) is 7.25. The van der Waals surface area contributed by atoms with Crippen LogP contribution in [0.15, 0.2) is 24.3 Å². The van der Waals surface area contributed by atoms with Crippen molar-refractivity contribution in [1.29, 1.82) is 0 Å². The van der Waals surface area contributed by atoms with E-state index in [-0.39, 0.29) is 17.9 Å². The van der Waals surface area contributed by atoms with Crippen molar-refractivity contribution in [3.63, 3.8) is 0 Å². The monoisotopic (exact) mass is 292 g/mol. The molecule has 3 nitrogen and oxygen atoms in total. The Kier molecular flexibility index (Phi) is 3.99. The fourth-order valence-electron chi connectivity index (χ4n) is 3.07. The van der Waals surface area contributed by atoms with Gasteiger partial charge in [-0.05, 0) is 48.9 Å². The van der Waals surface area contributed by atoms with Crippen molar-refractivity contribution in [1.82, 2.24) is 10.6 Å². The molecule has 108 valence electrons. The molecule has 2 N–H and O–H groups in total. The minimum atomic E-state index is 0.124. The van der Waals surface area contributed by atoms with Gasteiger partial charge in [-0.1, -0.05) is 30.7 Å². The fraction of sp³-hybridized carbons (Fsp3) is 0.562. The lowest BCUT2D eigenvalue weighted by Crippen LogP contribution is -2.36. The van der Waals surface area contributed by atoms with Crippen molar-refractivity contribution in [2.75, 3.05) is 13.1 Å². The number of rotatable bonds is 4. The van der Waals surface area contributed by atoms with E-state index in [4.69, 9.17) is 11.6 Å². The van der Waals surface area contributed by atoms with Crippen LogP contribution in [0.2, 0.25) is 5.02 Å². The molecule has 3 rings (SSSR count). The van der Waals surface area contributed by atoms with E-state index in [0.717, 1.165) is 24.5 Å². The van der Waals surface area contributed by atoms with Gasteiger partial charge in [0.1, 0.15) is 0 Å². The smallest absolute Gasteiger partial charge is 0.224 e. The number of nitrogens with one attached hydrogen (secondary N) is 2. The number of amides is 1. The zero-order valence-corrected chi connectivity index (χ0v) is 12.5. The molecule has 4 atom stereocenters. The Bertz CT molecular complexity index is 482. The molecule has 0 spiro atoms. The lowest BCUT2D eigenvalue weighted by molar-refractivity contribution is -0.125. The van der Waals surface area contributed by atoms with Crippen LogP contribution >= 0.6 is 11.6 Å². The van der Waals surface area contributed by atoms with Gasteiger partial charge in [0, 0.05) is 11.6 Å². The summed E-state index contributed by atoms with van der Waals surface area (Å²) in [6.45, 7) is 4.00. The summed E-state index contributed by atoms with van der Waals surface area (Å²) < 4.78 is 0. The standard InChI is InChI=1S/C16H21ClN2O/c1-10-8-14(10)15(11-2-4-13(17)5-3-11)19-16(20)12-6-7-18-9-12/h2-5,10,12,14-15,18H,6-9H2,1H3,(H,19,20)/t10-,12-,14+,15-/m1/s1. The molecule has 20 heavy (non-hydrogen) atoms. The van der Waals surface area contributed by atoms with Crippen LogP contribution in [0.1, 0.15) is 31.4 Å². The SMILES string of the molecule is C[C@@H]1C[C@@H]1[C@H](NC(=O)[C@@H]1CCNC1)c1ccc(Cl)cc1. The van der Waals surface area contributed by atoms with E-state index in [1.807, 2.05) is 24.3 Å². The van der Waals surface area contributed by atoms with Crippen molar-refractivity contribution in [3.05, 3.63) is 34.9 Å². The van der Waals surface area contributed by atoms with Crippen LogP contribution in [0, 0.1) is 17.8 Å². The molecule has 1 saturated carbocycles. The molecular formula is C16H21ClN2O. The Hall–Kier alpha value is -1.06. The average Bonchev–Trinajstić information content (AvgIpc) is 2.94. The molecule has 1 aliphatic heterocycles. The van der Waals surface area contributed by atoms with E-state index in [0.29, 0.717) is 11.8 Å². The Morgan fingerprint density at radius 1 is 1.40 bits per heavy atom. The third-order valence-electron chi connectivity index (χ3n) is 4.56. The van der Waals surface area contributed by atoms with E-state index < -0.39 is 0 Å². The summed E-state index contributed by atoms with van der Waals surface area (Å²) >= 11 is 5.95. The second-order valence-electron chi connectivity index (χ2n) is 6.10. The zero-order chi connectivity index (χ0) is 14.1. The van der Waals surface area contributed by atoms with Gasteiger partial charge in [0.2, 0.25) is 5.91 Å². The summed E-state index contributed by atoms with van der Waals surface area (Å²) in [4.78, 5) is 12.4. The molecule has 1 aromatic carbocycles. The number of hydrogen-bond donors (Lipinski definition) is 2. The van der Waals surface area contributed by atoms with Gasteiger partial charge in [0.05, 0.1) is 12.0 Å². The van der Waals surface area contributed by atoms with Crippen molar-refractivity contribution in [3.8, 4) is 0 Å². The molecule has 1 heterocycles. The Labute approximate surface area is 125 Å². The molecule has 2 fully saturated rings. The summed E-state index contributed by atoms with van der Waals surface area (Å²) in [5.41, 5.74) is 1.17. The molecule has 4 heteroatoms. The second-order valence-corrected chi connectivity index (χ2v) is 6.54. The largest absolute Gasteiger partial charge is 0.349 e. The first-order valence-corrected chi connectivity index (χ1v) is 7.79. The van der Waals surface area contributed by atoms with Crippen LogP contribution in [-0.2, 0) is 4.79 Å². The molecule has 1 amide bonds. The van der Waals surface area contributed by atoms with Crippen LogP contribution in [0.3, 0.4) is 0 Å². The second kappa shape index (κ2) is 5.74. The summed E-state index contributed by atoms with van der Waals surface area (Å²) in [6.07, 6.45) is 2.13. The predicted molar refractivity (Wildman–Crippen MR) is 80.6 cm³/mol. The van der Waals surface area contributed by atoms with Crippen molar-refractivity contribution >= 4 is 17.5 Å². The van der Waals surface area contributed by atoms with E-state index in [1.54, 1.807) is 0 Å².